The van der Waals surface area contributed by atoms with Gasteiger partial charge in [-0.1, -0.05) is 0 Å². The zero-order chi connectivity index (χ0) is 18.9. The summed E-state index contributed by atoms with van der Waals surface area (Å²) >= 11 is 1.69. The van der Waals surface area contributed by atoms with Crippen molar-refractivity contribution in [1.82, 2.24) is 4.90 Å². The van der Waals surface area contributed by atoms with Gasteiger partial charge in [-0.15, -0.1) is 11.8 Å². The van der Waals surface area contributed by atoms with Gasteiger partial charge in [-0.05, 0) is 44.0 Å². The molecule has 3 rings (SSSR count). The fourth-order valence-corrected chi connectivity index (χ4v) is 4.12. The summed E-state index contributed by atoms with van der Waals surface area (Å²) in [4.78, 5) is 15.5. The minimum Gasteiger partial charge on any atom is -0.490 e. The number of hydrogen-bond acceptors (Lipinski definition) is 6. The van der Waals surface area contributed by atoms with Gasteiger partial charge in [0.05, 0.1) is 19.3 Å². The lowest BCUT2D eigenvalue weighted by molar-refractivity contribution is -0.133. The van der Waals surface area contributed by atoms with E-state index in [0.29, 0.717) is 26.2 Å². The molecule has 7 heteroatoms. The van der Waals surface area contributed by atoms with Crippen LogP contribution < -0.4 is 15.2 Å². The summed E-state index contributed by atoms with van der Waals surface area (Å²) in [6.07, 6.45) is 4.47. The van der Waals surface area contributed by atoms with E-state index in [4.69, 9.17) is 19.9 Å². The summed E-state index contributed by atoms with van der Waals surface area (Å²) in [7, 11) is 0. The summed E-state index contributed by atoms with van der Waals surface area (Å²) in [5.74, 6) is 2.62. The maximum absolute atomic E-state index is 12.4. The molecule has 1 aromatic carbocycles. The number of fused-ring (bicyclic) bond motifs is 1. The van der Waals surface area contributed by atoms with Crippen molar-refractivity contribution in [3.05, 3.63) is 18.2 Å². The molecule has 0 atom stereocenters. The normalized spacial score (nSPS) is 17.6. The number of carbonyl (C=O) groups excluding carboxylic acids is 1. The van der Waals surface area contributed by atoms with E-state index < -0.39 is 0 Å². The smallest absolute Gasteiger partial charge is 0.223 e. The topological polar surface area (TPSA) is 74.0 Å². The minimum absolute atomic E-state index is 0.234. The molecule has 1 saturated heterocycles. The number of amides is 1. The van der Waals surface area contributed by atoms with Crippen molar-refractivity contribution < 1.29 is 19.0 Å². The summed E-state index contributed by atoms with van der Waals surface area (Å²) in [5.41, 5.74) is 5.49. The van der Waals surface area contributed by atoms with Crippen molar-refractivity contribution in [2.45, 2.75) is 43.1 Å². The van der Waals surface area contributed by atoms with Gasteiger partial charge in [0, 0.05) is 43.2 Å². The van der Waals surface area contributed by atoms with E-state index in [1.54, 1.807) is 11.8 Å². The van der Waals surface area contributed by atoms with Gasteiger partial charge in [0.1, 0.15) is 0 Å². The first kappa shape index (κ1) is 20.3. The molecule has 0 aromatic heterocycles. The lowest BCUT2D eigenvalue weighted by Gasteiger charge is -2.32. The monoisotopic (exact) mass is 394 g/mol. The van der Waals surface area contributed by atoms with E-state index >= 15 is 0 Å². The number of likely N-dealkylation sites (tertiary alicyclic amines) is 1. The van der Waals surface area contributed by atoms with Crippen LogP contribution in [0.4, 0.5) is 0 Å². The fourth-order valence-electron chi connectivity index (χ4n) is 3.25. The first-order chi connectivity index (χ1) is 13.3. The molecule has 0 aliphatic carbocycles. The van der Waals surface area contributed by atoms with Gasteiger partial charge in [0.15, 0.2) is 11.5 Å². The van der Waals surface area contributed by atoms with Crippen LogP contribution in [0, 0.1) is 0 Å². The van der Waals surface area contributed by atoms with E-state index in [9.17, 15) is 4.79 Å². The van der Waals surface area contributed by atoms with Crippen LogP contribution in [0.15, 0.2) is 23.1 Å². The lowest BCUT2D eigenvalue weighted by atomic mass is 10.1. The van der Waals surface area contributed by atoms with Gasteiger partial charge in [-0.2, -0.15) is 0 Å². The number of thioether (sulfide) groups is 1. The number of hydrogen-bond donors (Lipinski definition) is 1. The maximum atomic E-state index is 12.4. The standard InChI is InChI=1S/C20H30N2O4S/c21-8-1-11-24-16-5-9-22(10-6-16)20(23)7-14-27-17-3-4-18-19(15-17)26-13-2-12-25-18/h3-4,15-16H,1-2,5-14,21H2. The Hall–Kier alpha value is -1.44. The Morgan fingerprint density at radius 3 is 2.78 bits per heavy atom. The van der Waals surface area contributed by atoms with Gasteiger partial charge >= 0.3 is 0 Å². The zero-order valence-corrected chi connectivity index (χ0v) is 16.7. The quantitative estimate of drug-likeness (QED) is 0.540. The molecular weight excluding hydrogens is 364 g/mol. The Bertz CT molecular complexity index is 606. The van der Waals surface area contributed by atoms with Crippen molar-refractivity contribution >= 4 is 17.7 Å². The van der Waals surface area contributed by atoms with Gasteiger partial charge in [0.2, 0.25) is 5.91 Å². The lowest BCUT2D eigenvalue weighted by Crippen LogP contribution is -2.41. The molecule has 150 valence electrons. The Morgan fingerprint density at radius 1 is 1.22 bits per heavy atom. The number of nitrogens with zero attached hydrogens (tertiary/aromatic N) is 1. The first-order valence-electron chi connectivity index (χ1n) is 9.88. The molecule has 2 heterocycles. The molecule has 2 aliphatic rings. The van der Waals surface area contributed by atoms with Crippen molar-refractivity contribution in [1.29, 1.82) is 0 Å². The van der Waals surface area contributed by atoms with Crippen LogP contribution in [-0.2, 0) is 9.53 Å². The number of carbonyl (C=O) groups is 1. The Balaban J connectivity index is 1.37. The highest BCUT2D eigenvalue weighted by molar-refractivity contribution is 7.99. The number of rotatable bonds is 8. The second kappa shape index (κ2) is 10.8. The number of benzene rings is 1. The summed E-state index contributed by atoms with van der Waals surface area (Å²) < 4.78 is 17.2. The first-order valence-corrected chi connectivity index (χ1v) is 10.9. The molecule has 1 amide bonds. The molecule has 2 aliphatic heterocycles. The van der Waals surface area contributed by atoms with Crippen LogP contribution in [0.5, 0.6) is 11.5 Å². The van der Waals surface area contributed by atoms with E-state index in [0.717, 1.165) is 67.5 Å². The van der Waals surface area contributed by atoms with E-state index in [-0.39, 0.29) is 12.0 Å². The highest BCUT2D eigenvalue weighted by atomic mass is 32.2. The summed E-state index contributed by atoms with van der Waals surface area (Å²) in [6.45, 7) is 4.36. The molecular formula is C20H30N2O4S. The van der Waals surface area contributed by atoms with Crippen LogP contribution in [-0.4, -0.2) is 62.1 Å². The molecule has 0 radical (unpaired) electrons. The third kappa shape index (κ3) is 6.30. The highest BCUT2D eigenvalue weighted by Crippen LogP contribution is 2.34. The second-order valence-corrected chi connectivity index (χ2v) is 8.02. The zero-order valence-electron chi connectivity index (χ0n) is 15.9. The van der Waals surface area contributed by atoms with Crippen molar-refractivity contribution in [3.63, 3.8) is 0 Å². The van der Waals surface area contributed by atoms with E-state index in [1.165, 1.54) is 0 Å². The van der Waals surface area contributed by atoms with Crippen LogP contribution in [0.3, 0.4) is 0 Å². The number of nitrogens with two attached hydrogens (primary N) is 1. The van der Waals surface area contributed by atoms with Gasteiger partial charge in [-0.25, -0.2) is 0 Å². The molecule has 0 bridgehead atoms. The third-order valence-corrected chi connectivity index (χ3v) is 5.80. The van der Waals surface area contributed by atoms with Gasteiger partial charge in [-0.3, -0.25) is 4.79 Å². The second-order valence-electron chi connectivity index (χ2n) is 6.85. The molecule has 2 N–H and O–H groups in total. The maximum Gasteiger partial charge on any atom is 0.223 e. The largest absolute Gasteiger partial charge is 0.490 e. The Kier molecular flexibility index (Phi) is 8.10. The summed E-state index contributed by atoms with van der Waals surface area (Å²) in [6, 6.07) is 6.01. The van der Waals surface area contributed by atoms with Crippen molar-refractivity contribution in [3.8, 4) is 11.5 Å². The molecule has 0 unspecified atom stereocenters. The van der Waals surface area contributed by atoms with Gasteiger partial charge in [0.25, 0.3) is 0 Å². The molecule has 0 spiro atoms. The Morgan fingerprint density at radius 2 is 2.00 bits per heavy atom. The predicted molar refractivity (Wildman–Crippen MR) is 107 cm³/mol. The van der Waals surface area contributed by atoms with Crippen molar-refractivity contribution in [2.24, 2.45) is 5.73 Å². The third-order valence-electron chi connectivity index (χ3n) is 4.80. The fraction of sp³-hybridized carbons (Fsp3) is 0.650. The van der Waals surface area contributed by atoms with Gasteiger partial charge < -0.3 is 24.8 Å². The average molecular weight is 395 g/mol. The number of piperidine rings is 1. The SMILES string of the molecule is NCCCOC1CCN(C(=O)CCSc2ccc3c(c2)OCCCO3)CC1. The van der Waals surface area contributed by atoms with E-state index in [1.807, 2.05) is 23.1 Å². The average Bonchev–Trinajstić information content (AvgIpc) is 2.93. The highest BCUT2D eigenvalue weighted by Gasteiger charge is 2.22. The van der Waals surface area contributed by atoms with Crippen LogP contribution in [0.25, 0.3) is 0 Å². The van der Waals surface area contributed by atoms with Crippen LogP contribution >= 0.6 is 11.8 Å². The molecule has 27 heavy (non-hydrogen) atoms. The predicted octanol–water partition coefficient (Wildman–Crippen LogP) is 2.69. The molecule has 1 aromatic rings. The van der Waals surface area contributed by atoms with Crippen LogP contribution in [0.1, 0.15) is 32.1 Å². The van der Waals surface area contributed by atoms with E-state index in [2.05, 4.69) is 0 Å². The molecule has 6 nitrogen and oxygen atoms in total. The Labute approximate surface area is 165 Å². The van der Waals surface area contributed by atoms with Crippen molar-refractivity contribution in [2.75, 3.05) is 45.2 Å². The van der Waals surface area contributed by atoms with Crippen LogP contribution in [0.2, 0.25) is 0 Å². The number of ether oxygens (including phenoxy) is 3. The molecule has 1 fully saturated rings. The molecule has 0 saturated carbocycles. The summed E-state index contributed by atoms with van der Waals surface area (Å²) in [5, 5.41) is 0. The minimum atomic E-state index is 0.234.